The first kappa shape index (κ1) is 22.8. The number of carbonyl (C=O) groups is 1. The van der Waals surface area contributed by atoms with Gasteiger partial charge in [-0.3, -0.25) is 9.78 Å². The fourth-order valence-corrected chi connectivity index (χ4v) is 4.96. The Bertz CT molecular complexity index is 874. The molecule has 4 rings (SSSR count). The van der Waals surface area contributed by atoms with Crippen LogP contribution in [-0.4, -0.2) is 71.4 Å². The second kappa shape index (κ2) is 10.5. The quantitative estimate of drug-likeness (QED) is 0.682. The summed E-state index contributed by atoms with van der Waals surface area (Å²) in [5.41, 5.74) is 0.430. The number of halogens is 2. The van der Waals surface area contributed by atoms with Crippen molar-refractivity contribution in [1.82, 2.24) is 19.7 Å². The van der Waals surface area contributed by atoms with E-state index in [0.717, 1.165) is 56.7 Å². The third-order valence-corrected chi connectivity index (χ3v) is 6.92. The van der Waals surface area contributed by atoms with E-state index in [1.54, 1.807) is 17.3 Å². The van der Waals surface area contributed by atoms with Crippen molar-refractivity contribution in [2.45, 2.75) is 38.3 Å². The van der Waals surface area contributed by atoms with E-state index in [9.17, 15) is 13.6 Å². The molecule has 7 heteroatoms. The van der Waals surface area contributed by atoms with Gasteiger partial charge in [0, 0.05) is 31.5 Å². The summed E-state index contributed by atoms with van der Waals surface area (Å²) in [4.78, 5) is 23.8. The van der Waals surface area contributed by atoms with Crippen LogP contribution in [0.4, 0.5) is 8.78 Å². The number of aromatic nitrogens is 1. The molecule has 172 valence electrons. The van der Waals surface area contributed by atoms with Crippen molar-refractivity contribution in [3.05, 3.63) is 65.5 Å². The Morgan fingerprint density at radius 1 is 1.00 bits per heavy atom. The van der Waals surface area contributed by atoms with Crippen molar-refractivity contribution in [1.29, 1.82) is 0 Å². The molecule has 0 saturated carbocycles. The zero-order valence-electron chi connectivity index (χ0n) is 18.7. The first-order valence-electron chi connectivity index (χ1n) is 11.6. The van der Waals surface area contributed by atoms with Crippen LogP contribution < -0.4 is 0 Å². The molecule has 32 heavy (non-hydrogen) atoms. The molecule has 0 bridgehead atoms. The van der Waals surface area contributed by atoms with Crippen LogP contribution in [0.3, 0.4) is 0 Å². The van der Waals surface area contributed by atoms with Gasteiger partial charge in [-0.05, 0) is 94.7 Å². The molecule has 1 aromatic heterocycles. The SMILES string of the molecule is CN1CCC(N2CCC(CN(Cc3ccncc3)C(=O)c3c(F)cccc3F)CC2)CC1. The van der Waals surface area contributed by atoms with E-state index in [0.29, 0.717) is 25.0 Å². The monoisotopic (exact) mass is 442 g/mol. The number of carbonyl (C=O) groups excluding carboxylic acids is 1. The molecule has 0 aliphatic carbocycles. The minimum Gasteiger partial charge on any atom is -0.334 e. The van der Waals surface area contributed by atoms with Crippen LogP contribution in [0.1, 0.15) is 41.6 Å². The molecule has 2 fully saturated rings. The number of pyridine rings is 1. The Hall–Kier alpha value is -2.38. The standard InChI is InChI=1S/C25H32F2N4O/c1-29-13-9-21(10-14-29)30-15-7-20(8-16-30)18-31(17-19-5-11-28-12-6-19)25(32)24-22(26)3-2-4-23(24)27/h2-6,11-12,20-21H,7-10,13-18H2,1H3. The number of likely N-dealkylation sites (tertiary alicyclic amines) is 2. The summed E-state index contributed by atoms with van der Waals surface area (Å²) in [7, 11) is 2.18. The molecule has 0 unspecified atom stereocenters. The van der Waals surface area contributed by atoms with E-state index in [2.05, 4.69) is 21.8 Å². The van der Waals surface area contributed by atoms with E-state index >= 15 is 0 Å². The van der Waals surface area contributed by atoms with Gasteiger partial charge in [0.1, 0.15) is 17.2 Å². The molecule has 0 radical (unpaired) electrons. The summed E-state index contributed by atoms with van der Waals surface area (Å²) in [5, 5.41) is 0. The van der Waals surface area contributed by atoms with Gasteiger partial charge in [0.05, 0.1) is 0 Å². The van der Waals surface area contributed by atoms with E-state index in [4.69, 9.17) is 0 Å². The Kier molecular flexibility index (Phi) is 7.48. The molecule has 2 aromatic rings. The van der Waals surface area contributed by atoms with E-state index in [1.807, 2.05) is 12.1 Å². The lowest BCUT2D eigenvalue weighted by molar-refractivity contribution is 0.0580. The smallest absolute Gasteiger partial charge is 0.260 e. The van der Waals surface area contributed by atoms with E-state index in [-0.39, 0.29) is 0 Å². The van der Waals surface area contributed by atoms with Gasteiger partial charge in [-0.25, -0.2) is 8.78 Å². The molecular formula is C25H32F2N4O. The highest BCUT2D eigenvalue weighted by Gasteiger charge is 2.30. The summed E-state index contributed by atoms with van der Waals surface area (Å²) >= 11 is 0. The van der Waals surface area contributed by atoms with Gasteiger partial charge in [-0.1, -0.05) is 6.07 Å². The Balaban J connectivity index is 1.43. The number of benzene rings is 1. The van der Waals surface area contributed by atoms with Gasteiger partial charge in [-0.15, -0.1) is 0 Å². The maximum Gasteiger partial charge on any atom is 0.260 e. The number of rotatable bonds is 6. The van der Waals surface area contributed by atoms with E-state index < -0.39 is 23.1 Å². The lowest BCUT2D eigenvalue weighted by atomic mass is 9.92. The van der Waals surface area contributed by atoms with Crippen molar-refractivity contribution in [2.24, 2.45) is 5.92 Å². The third kappa shape index (κ3) is 5.51. The number of amides is 1. The zero-order chi connectivity index (χ0) is 22.5. The van der Waals surface area contributed by atoms with E-state index in [1.165, 1.54) is 18.9 Å². The van der Waals surface area contributed by atoms with Gasteiger partial charge in [0.25, 0.3) is 5.91 Å². The van der Waals surface area contributed by atoms with Crippen LogP contribution in [0.15, 0.2) is 42.7 Å². The maximum atomic E-state index is 14.4. The van der Waals surface area contributed by atoms with Crippen LogP contribution in [0.25, 0.3) is 0 Å². The summed E-state index contributed by atoms with van der Waals surface area (Å²) in [6, 6.07) is 7.88. The second-order valence-electron chi connectivity index (χ2n) is 9.15. The molecule has 0 atom stereocenters. The van der Waals surface area contributed by atoms with Crippen molar-refractivity contribution in [3.8, 4) is 0 Å². The average molecular weight is 443 g/mol. The third-order valence-electron chi connectivity index (χ3n) is 6.92. The minimum atomic E-state index is -0.813. The first-order chi connectivity index (χ1) is 15.5. The number of hydrogen-bond acceptors (Lipinski definition) is 4. The Morgan fingerprint density at radius 3 is 2.25 bits per heavy atom. The molecular weight excluding hydrogens is 410 g/mol. The van der Waals surface area contributed by atoms with Crippen LogP contribution in [0.2, 0.25) is 0 Å². The highest BCUT2D eigenvalue weighted by molar-refractivity contribution is 5.94. The Morgan fingerprint density at radius 2 is 1.62 bits per heavy atom. The van der Waals surface area contributed by atoms with Gasteiger partial charge >= 0.3 is 0 Å². The molecule has 3 heterocycles. The molecule has 2 aliphatic rings. The molecule has 0 N–H and O–H groups in total. The zero-order valence-corrected chi connectivity index (χ0v) is 18.7. The lowest BCUT2D eigenvalue weighted by Crippen LogP contribution is -2.48. The minimum absolute atomic E-state index is 0.310. The normalized spacial score (nSPS) is 19.2. The van der Waals surface area contributed by atoms with Crippen molar-refractivity contribution in [2.75, 3.05) is 39.8 Å². The largest absolute Gasteiger partial charge is 0.334 e. The predicted octanol–water partition coefficient (Wildman–Crippen LogP) is 3.81. The number of piperidine rings is 2. The van der Waals surface area contributed by atoms with Gasteiger partial charge in [0.15, 0.2) is 0 Å². The number of nitrogens with zero attached hydrogens (tertiary/aromatic N) is 4. The maximum absolute atomic E-state index is 14.4. The molecule has 1 aromatic carbocycles. The fourth-order valence-electron chi connectivity index (χ4n) is 4.96. The topological polar surface area (TPSA) is 39.7 Å². The molecule has 2 saturated heterocycles. The summed E-state index contributed by atoms with van der Waals surface area (Å²) in [6.45, 7) is 5.13. The van der Waals surface area contributed by atoms with Crippen LogP contribution in [0, 0.1) is 17.6 Å². The lowest BCUT2D eigenvalue weighted by Gasteiger charge is -2.42. The number of hydrogen-bond donors (Lipinski definition) is 0. The summed E-state index contributed by atoms with van der Waals surface area (Å²) < 4.78 is 28.7. The van der Waals surface area contributed by atoms with Crippen molar-refractivity contribution >= 4 is 5.91 Å². The van der Waals surface area contributed by atoms with Crippen molar-refractivity contribution in [3.63, 3.8) is 0 Å². The molecule has 2 aliphatic heterocycles. The van der Waals surface area contributed by atoms with Gasteiger partial charge in [-0.2, -0.15) is 0 Å². The summed E-state index contributed by atoms with van der Waals surface area (Å²) in [6.07, 6.45) is 7.74. The second-order valence-corrected chi connectivity index (χ2v) is 9.15. The van der Waals surface area contributed by atoms with Crippen LogP contribution in [0.5, 0.6) is 0 Å². The summed E-state index contributed by atoms with van der Waals surface area (Å²) in [5.74, 6) is -1.90. The molecule has 1 amide bonds. The first-order valence-corrected chi connectivity index (χ1v) is 11.6. The Labute approximate surface area is 189 Å². The predicted molar refractivity (Wildman–Crippen MR) is 120 cm³/mol. The highest BCUT2D eigenvalue weighted by atomic mass is 19.1. The average Bonchev–Trinajstić information content (AvgIpc) is 2.80. The van der Waals surface area contributed by atoms with Gasteiger partial charge in [0.2, 0.25) is 0 Å². The van der Waals surface area contributed by atoms with Gasteiger partial charge < -0.3 is 14.7 Å². The van der Waals surface area contributed by atoms with Crippen LogP contribution >= 0.6 is 0 Å². The van der Waals surface area contributed by atoms with Crippen molar-refractivity contribution < 1.29 is 13.6 Å². The highest BCUT2D eigenvalue weighted by Crippen LogP contribution is 2.26. The molecule has 5 nitrogen and oxygen atoms in total. The fraction of sp³-hybridized carbons (Fsp3) is 0.520. The molecule has 0 spiro atoms. The van der Waals surface area contributed by atoms with Crippen LogP contribution in [-0.2, 0) is 6.54 Å².